The van der Waals surface area contributed by atoms with Crippen LogP contribution in [-0.2, 0) is 0 Å². The van der Waals surface area contributed by atoms with Crippen molar-refractivity contribution in [3.8, 4) is 17.1 Å². The fourth-order valence-corrected chi connectivity index (χ4v) is 2.55. The molecule has 2 aromatic rings. The number of halogens is 1. The zero-order valence-electron chi connectivity index (χ0n) is 10.3. The predicted molar refractivity (Wildman–Crippen MR) is 78.5 cm³/mol. The van der Waals surface area contributed by atoms with Crippen molar-refractivity contribution in [3.63, 3.8) is 0 Å². The van der Waals surface area contributed by atoms with E-state index in [0.717, 1.165) is 15.7 Å². The van der Waals surface area contributed by atoms with Gasteiger partial charge in [0.05, 0.1) is 0 Å². The minimum absolute atomic E-state index is 0.174. The highest BCUT2D eigenvalue weighted by molar-refractivity contribution is 9.10. The van der Waals surface area contributed by atoms with Gasteiger partial charge in [0.2, 0.25) is 11.0 Å². The van der Waals surface area contributed by atoms with Gasteiger partial charge in [-0.3, -0.25) is 0 Å². The zero-order valence-corrected chi connectivity index (χ0v) is 12.7. The first-order valence-electron chi connectivity index (χ1n) is 5.69. The molecule has 1 aliphatic rings. The molecule has 1 aromatic heterocycles. The molecule has 0 fully saturated rings. The first kappa shape index (κ1) is 12.7. The number of anilines is 1. The quantitative estimate of drug-likeness (QED) is 0.806. The van der Waals surface area contributed by atoms with Gasteiger partial charge in [0.1, 0.15) is 0 Å². The third-order valence-corrected chi connectivity index (χ3v) is 3.73. The normalized spacial score (nSPS) is 16.7. The molecule has 19 heavy (non-hydrogen) atoms. The molecule has 0 bridgehead atoms. The molecule has 0 saturated heterocycles. The Labute approximate surface area is 123 Å². The molecule has 3 rings (SSSR count). The Morgan fingerprint density at radius 3 is 3.00 bits per heavy atom. The molecule has 1 atom stereocenters. The molecule has 1 aromatic carbocycles. The van der Waals surface area contributed by atoms with E-state index in [-0.39, 0.29) is 6.23 Å². The largest absolute Gasteiger partial charge is 0.452 e. The van der Waals surface area contributed by atoms with Crippen LogP contribution in [0.1, 0.15) is 6.92 Å². The highest BCUT2D eigenvalue weighted by Crippen LogP contribution is 2.37. The molecule has 0 radical (unpaired) electrons. The maximum absolute atomic E-state index is 5.77. The van der Waals surface area contributed by atoms with Gasteiger partial charge >= 0.3 is 0 Å². The number of nitrogens with one attached hydrogen (secondary N) is 1. The summed E-state index contributed by atoms with van der Waals surface area (Å²) in [5.74, 6) is 0.510. The van der Waals surface area contributed by atoms with Gasteiger partial charge in [-0.05, 0) is 31.4 Å². The Morgan fingerprint density at radius 1 is 1.37 bits per heavy atom. The van der Waals surface area contributed by atoms with Gasteiger partial charge in [0.25, 0.3) is 0 Å². The van der Waals surface area contributed by atoms with E-state index in [9.17, 15) is 0 Å². The van der Waals surface area contributed by atoms with E-state index in [1.165, 1.54) is 11.8 Å². The van der Waals surface area contributed by atoms with Crippen molar-refractivity contribution in [2.24, 2.45) is 0 Å². The van der Waals surface area contributed by atoms with Crippen LogP contribution < -0.4 is 10.1 Å². The Balaban J connectivity index is 2.22. The van der Waals surface area contributed by atoms with Crippen molar-refractivity contribution in [1.29, 1.82) is 0 Å². The molecule has 98 valence electrons. The van der Waals surface area contributed by atoms with Crippen molar-refractivity contribution in [3.05, 3.63) is 22.7 Å². The average Bonchev–Trinajstić information content (AvgIpc) is 2.53. The van der Waals surface area contributed by atoms with Crippen molar-refractivity contribution in [1.82, 2.24) is 15.2 Å². The van der Waals surface area contributed by atoms with E-state index in [4.69, 9.17) is 4.74 Å². The Hall–Kier alpha value is -1.34. The van der Waals surface area contributed by atoms with Crippen LogP contribution in [0.15, 0.2) is 27.8 Å². The molecule has 5 nitrogen and oxygen atoms in total. The summed E-state index contributed by atoms with van der Waals surface area (Å²) in [5, 5.41) is 12.2. The summed E-state index contributed by atoms with van der Waals surface area (Å²) in [5.41, 5.74) is 2.55. The van der Waals surface area contributed by atoms with Crippen LogP contribution in [0.2, 0.25) is 0 Å². The van der Waals surface area contributed by atoms with Crippen LogP contribution in [0.4, 0.5) is 5.69 Å². The lowest BCUT2D eigenvalue weighted by molar-refractivity contribution is 0.240. The Kier molecular flexibility index (Phi) is 3.32. The molecule has 0 aliphatic carbocycles. The summed E-state index contributed by atoms with van der Waals surface area (Å²) in [4.78, 5) is 4.38. The molecule has 1 aliphatic heterocycles. The summed E-state index contributed by atoms with van der Waals surface area (Å²) in [6, 6.07) is 5.94. The number of aromatic nitrogens is 3. The second kappa shape index (κ2) is 4.97. The molecule has 1 unspecified atom stereocenters. The SMILES string of the molecule is CSc1nnc2c(n1)OC(C)Nc1ccc(Br)cc1-2. The van der Waals surface area contributed by atoms with Crippen molar-refractivity contribution in [2.75, 3.05) is 11.6 Å². The fourth-order valence-electron chi connectivity index (χ4n) is 1.89. The molecule has 0 saturated carbocycles. The lowest BCUT2D eigenvalue weighted by atomic mass is 10.1. The number of hydrogen-bond donors (Lipinski definition) is 1. The highest BCUT2D eigenvalue weighted by atomic mass is 79.9. The van der Waals surface area contributed by atoms with E-state index in [1.807, 2.05) is 31.4 Å². The third kappa shape index (κ3) is 2.40. The van der Waals surface area contributed by atoms with E-state index in [0.29, 0.717) is 16.7 Å². The monoisotopic (exact) mass is 338 g/mol. The van der Waals surface area contributed by atoms with Crippen LogP contribution in [-0.4, -0.2) is 27.7 Å². The molecule has 2 heterocycles. The second-order valence-corrected chi connectivity index (χ2v) is 5.74. The smallest absolute Gasteiger partial charge is 0.247 e. The van der Waals surface area contributed by atoms with Crippen LogP contribution in [0.3, 0.4) is 0 Å². The number of hydrogen-bond acceptors (Lipinski definition) is 6. The Morgan fingerprint density at radius 2 is 2.21 bits per heavy atom. The standard InChI is InChI=1S/C12H11BrN4OS/c1-6-14-9-4-3-7(13)5-8(9)10-11(18-6)15-12(19-2)17-16-10/h3-6,14H,1-2H3. The van der Waals surface area contributed by atoms with Crippen LogP contribution in [0, 0.1) is 0 Å². The van der Waals surface area contributed by atoms with Crippen molar-refractivity contribution >= 4 is 33.4 Å². The Bertz CT molecular complexity index is 637. The van der Waals surface area contributed by atoms with Crippen LogP contribution in [0.25, 0.3) is 11.3 Å². The first-order chi connectivity index (χ1) is 9.17. The van der Waals surface area contributed by atoms with Crippen LogP contribution >= 0.6 is 27.7 Å². The maximum Gasteiger partial charge on any atom is 0.247 e. The molecule has 1 N–H and O–H groups in total. The zero-order chi connectivity index (χ0) is 13.4. The van der Waals surface area contributed by atoms with E-state index < -0.39 is 0 Å². The van der Waals surface area contributed by atoms with Gasteiger partial charge in [0, 0.05) is 15.7 Å². The number of ether oxygens (including phenoxy) is 1. The predicted octanol–water partition coefficient (Wildman–Crippen LogP) is 3.17. The maximum atomic E-state index is 5.77. The minimum Gasteiger partial charge on any atom is -0.452 e. The van der Waals surface area contributed by atoms with Crippen molar-refractivity contribution in [2.45, 2.75) is 18.3 Å². The average molecular weight is 339 g/mol. The third-order valence-electron chi connectivity index (χ3n) is 2.70. The lowest BCUT2D eigenvalue weighted by Crippen LogP contribution is -2.21. The fraction of sp³-hybridized carbons (Fsp3) is 0.250. The highest BCUT2D eigenvalue weighted by Gasteiger charge is 2.22. The molecular formula is C12H11BrN4OS. The van der Waals surface area contributed by atoms with Gasteiger partial charge in [-0.25, -0.2) is 0 Å². The molecular weight excluding hydrogens is 328 g/mol. The molecule has 0 amide bonds. The number of nitrogens with zero attached hydrogens (tertiary/aromatic N) is 3. The molecule has 7 heteroatoms. The summed E-state index contributed by atoms with van der Waals surface area (Å²) in [7, 11) is 0. The number of fused-ring (bicyclic) bond motifs is 3. The first-order valence-corrected chi connectivity index (χ1v) is 7.71. The summed E-state index contributed by atoms with van der Waals surface area (Å²) >= 11 is 4.91. The summed E-state index contributed by atoms with van der Waals surface area (Å²) < 4.78 is 6.74. The topological polar surface area (TPSA) is 59.9 Å². The number of benzene rings is 1. The lowest BCUT2D eigenvalue weighted by Gasteiger charge is -2.13. The van der Waals surface area contributed by atoms with Gasteiger partial charge in [-0.1, -0.05) is 27.7 Å². The number of thioether (sulfide) groups is 1. The van der Waals surface area contributed by atoms with Gasteiger partial charge in [0.15, 0.2) is 11.9 Å². The van der Waals surface area contributed by atoms with E-state index >= 15 is 0 Å². The number of rotatable bonds is 1. The van der Waals surface area contributed by atoms with E-state index in [1.54, 1.807) is 0 Å². The van der Waals surface area contributed by atoms with Gasteiger partial charge < -0.3 is 10.1 Å². The van der Waals surface area contributed by atoms with Crippen molar-refractivity contribution < 1.29 is 4.74 Å². The van der Waals surface area contributed by atoms with Gasteiger partial charge in [-0.15, -0.1) is 10.2 Å². The summed E-state index contributed by atoms with van der Waals surface area (Å²) in [6.07, 6.45) is 1.74. The molecule has 0 spiro atoms. The second-order valence-electron chi connectivity index (χ2n) is 4.05. The van der Waals surface area contributed by atoms with Gasteiger partial charge in [-0.2, -0.15) is 4.98 Å². The van der Waals surface area contributed by atoms with Crippen LogP contribution in [0.5, 0.6) is 5.88 Å². The van der Waals surface area contributed by atoms with E-state index in [2.05, 4.69) is 36.4 Å². The summed E-state index contributed by atoms with van der Waals surface area (Å²) in [6.45, 7) is 1.93. The minimum atomic E-state index is -0.174.